The van der Waals surface area contributed by atoms with Crippen LogP contribution in [0.3, 0.4) is 0 Å². The van der Waals surface area contributed by atoms with Crippen molar-refractivity contribution in [3.63, 3.8) is 0 Å². The number of pyridine rings is 1. The quantitative estimate of drug-likeness (QED) is 0.565. The van der Waals surface area contributed by atoms with Crippen molar-refractivity contribution < 1.29 is 9.53 Å². The van der Waals surface area contributed by atoms with Gasteiger partial charge in [-0.3, -0.25) is 9.78 Å². The molecule has 15 heavy (non-hydrogen) atoms. The zero-order chi connectivity index (χ0) is 11.1. The van der Waals surface area contributed by atoms with Gasteiger partial charge in [0, 0.05) is 24.7 Å². The molecule has 0 fully saturated rings. The molecule has 0 saturated carbocycles. The van der Waals surface area contributed by atoms with Crippen molar-refractivity contribution in [1.82, 2.24) is 10.3 Å². The molecule has 1 N–H and O–H groups in total. The first-order chi connectivity index (χ1) is 7.27. The van der Waals surface area contributed by atoms with E-state index in [1.165, 1.54) is 0 Å². The van der Waals surface area contributed by atoms with E-state index in [2.05, 4.69) is 10.3 Å². The first kappa shape index (κ1) is 11.7. The second-order valence-corrected chi connectivity index (χ2v) is 3.14. The van der Waals surface area contributed by atoms with Gasteiger partial charge in [-0.05, 0) is 12.6 Å². The molecule has 0 aliphatic heterocycles. The predicted octanol–water partition coefficient (Wildman–Crippen LogP) is 1.27. The lowest BCUT2D eigenvalue weighted by atomic mass is 10.1. The molecule has 0 amide bonds. The summed E-state index contributed by atoms with van der Waals surface area (Å²) in [6, 6.07) is 1.71. The smallest absolute Gasteiger partial charge is 0.165 e. The largest absolute Gasteiger partial charge is 0.495 e. The van der Waals surface area contributed by atoms with Crippen molar-refractivity contribution in [2.45, 2.75) is 13.3 Å². The van der Waals surface area contributed by atoms with E-state index in [4.69, 9.17) is 4.74 Å². The van der Waals surface area contributed by atoms with Crippen LogP contribution in [0, 0.1) is 0 Å². The Balaban J connectivity index is 2.57. The number of hydrogen-bond donors (Lipinski definition) is 1. The van der Waals surface area contributed by atoms with Crippen LogP contribution in [0.25, 0.3) is 0 Å². The van der Waals surface area contributed by atoms with Gasteiger partial charge in [0.25, 0.3) is 0 Å². The minimum atomic E-state index is 0.0855. The van der Waals surface area contributed by atoms with Crippen LogP contribution in [0.4, 0.5) is 0 Å². The predicted molar refractivity (Wildman–Crippen MR) is 58.3 cm³/mol. The molecule has 1 rings (SSSR count). The van der Waals surface area contributed by atoms with Crippen molar-refractivity contribution in [2.24, 2.45) is 0 Å². The van der Waals surface area contributed by atoms with E-state index in [9.17, 15) is 4.79 Å². The lowest BCUT2D eigenvalue weighted by molar-refractivity contribution is 0.0982. The molecule has 0 unspecified atom stereocenters. The third-order valence-corrected chi connectivity index (χ3v) is 2.05. The Morgan fingerprint density at radius 1 is 1.53 bits per heavy atom. The summed E-state index contributed by atoms with van der Waals surface area (Å²) in [5, 5.41) is 3.11. The molecule has 4 nitrogen and oxygen atoms in total. The number of carbonyl (C=O) groups excluding carboxylic acids is 1. The fourth-order valence-corrected chi connectivity index (χ4v) is 1.21. The van der Waals surface area contributed by atoms with Crippen molar-refractivity contribution in [3.05, 3.63) is 24.0 Å². The molecule has 1 aromatic heterocycles. The van der Waals surface area contributed by atoms with Crippen molar-refractivity contribution >= 4 is 5.78 Å². The van der Waals surface area contributed by atoms with Crippen LogP contribution in [0.1, 0.15) is 23.7 Å². The first-order valence-corrected chi connectivity index (χ1v) is 5.01. The number of methoxy groups -OCH3 is 1. The Morgan fingerprint density at radius 2 is 2.33 bits per heavy atom. The molecule has 0 aromatic carbocycles. The van der Waals surface area contributed by atoms with Gasteiger partial charge < -0.3 is 10.1 Å². The van der Waals surface area contributed by atoms with Gasteiger partial charge in [0.05, 0.1) is 13.3 Å². The number of rotatable bonds is 6. The Bertz CT molecular complexity index is 326. The average molecular weight is 208 g/mol. The molecule has 1 heterocycles. The van der Waals surface area contributed by atoms with Gasteiger partial charge in [0.15, 0.2) is 5.78 Å². The molecule has 0 saturated heterocycles. The molecule has 1 aromatic rings. The fourth-order valence-electron chi connectivity index (χ4n) is 1.21. The highest BCUT2D eigenvalue weighted by Crippen LogP contribution is 2.11. The molecular weight excluding hydrogens is 192 g/mol. The highest BCUT2D eigenvalue weighted by molar-refractivity contribution is 5.96. The standard InChI is InChI=1S/C11H16N2O2/c1-3-12-5-4-11(14)9-6-10(15-2)8-13-7-9/h6-8,12H,3-5H2,1-2H3. The van der Waals surface area contributed by atoms with Crippen molar-refractivity contribution in [1.29, 1.82) is 0 Å². The summed E-state index contributed by atoms with van der Waals surface area (Å²) in [5.74, 6) is 0.701. The number of carbonyl (C=O) groups is 1. The molecule has 0 radical (unpaired) electrons. The minimum absolute atomic E-state index is 0.0855. The van der Waals surface area contributed by atoms with E-state index >= 15 is 0 Å². The molecular formula is C11H16N2O2. The van der Waals surface area contributed by atoms with Crippen LogP contribution in [0.15, 0.2) is 18.5 Å². The summed E-state index contributed by atoms with van der Waals surface area (Å²) in [6.07, 6.45) is 3.64. The van der Waals surface area contributed by atoms with Crippen LogP contribution >= 0.6 is 0 Å². The van der Waals surface area contributed by atoms with Crippen LogP contribution < -0.4 is 10.1 Å². The maximum atomic E-state index is 11.7. The summed E-state index contributed by atoms with van der Waals surface area (Å²) in [6.45, 7) is 3.59. The third kappa shape index (κ3) is 3.67. The maximum absolute atomic E-state index is 11.7. The third-order valence-electron chi connectivity index (χ3n) is 2.05. The molecule has 82 valence electrons. The zero-order valence-corrected chi connectivity index (χ0v) is 9.12. The summed E-state index contributed by atoms with van der Waals surface area (Å²) in [4.78, 5) is 15.6. The maximum Gasteiger partial charge on any atom is 0.165 e. The summed E-state index contributed by atoms with van der Waals surface area (Å²) >= 11 is 0. The second kappa shape index (κ2) is 6.14. The van der Waals surface area contributed by atoms with E-state index in [0.29, 0.717) is 24.3 Å². The number of ketones is 1. The van der Waals surface area contributed by atoms with Gasteiger partial charge in [-0.1, -0.05) is 6.92 Å². The lowest BCUT2D eigenvalue weighted by Crippen LogP contribution is -2.17. The van der Waals surface area contributed by atoms with Gasteiger partial charge in [0.1, 0.15) is 5.75 Å². The normalized spacial score (nSPS) is 10.0. The van der Waals surface area contributed by atoms with Gasteiger partial charge in [0.2, 0.25) is 0 Å². The lowest BCUT2D eigenvalue weighted by Gasteiger charge is -2.03. The van der Waals surface area contributed by atoms with E-state index in [0.717, 1.165) is 6.54 Å². The number of aromatic nitrogens is 1. The summed E-state index contributed by atoms with van der Waals surface area (Å²) in [5.41, 5.74) is 0.604. The molecule has 0 bridgehead atoms. The van der Waals surface area contributed by atoms with E-state index in [-0.39, 0.29) is 5.78 Å². The minimum Gasteiger partial charge on any atom is -0.495 e. The number of nitrogens with one attached hydrogen (secondary N) is 1. The zero-order valence-electron chi connectivity index (χ0n) is 9.12. The Labute approximate surface area is 89.7 Å². The number of hydrogen-bond acceptors (Lipinski definition) is 4. The Hall–Kier alpha value is -1.42. The molecule has 0 aliphatic carbocycles. The second-order valence-electron chi connectivity index (χ2n) is 3.14. The van der Waals surface area contributed by atoms with Gasteiger partial charge >= 0.3 is 0 Å². The Morgan fingerprint density at radius 3 is 3.00 bits per heavy atom. The molecule has 0 atom stereocenters. The molecule has 0 spiro atoms. The fraction of sp³-hybridized carbons (Fsp3) is 0.455. The van der Waals surface area contributed by atoms with Crippen LogP contribution in [0.2, 0.25) is 0 Å². The van der Waals surface area contributed by atoms with Crippen LogP contribution in [0.5, 0.6) is 5.75 Å². The van der Waals surface area contributed by atoms with E-state index in [1.54, 1.807) is 25.6 Å². The van der Waals surface area contributed by atoms with Gasteiger partial charge in [-0.15, -0.1) is 0 Å². The highest BCUT2D eigenvalue weighted by Gasteiger charge is 2.06. The molecule has 4 heteroatoms. The van der Waals surface area contributed by atoms with E-state index < -0.39 is 0 Å². The van der Waals surface area contributed by atoms with Crippen molar-refractivity contribution in [3.8, 4) is 5.75 Å². The monoisotopic (exact) mass is 208 g/mol. The number of nitrogens with zero attached hydrogens (tertiary/aromatic N) is 1. The SMILES string of the molecule is CCNCCC(=O)c1cncc(OC)c1. The van der Waals surface area contributed by atoms with Gasteiger partial charge in [-0.2, -0.15) is 0 Å². The van der Waals surface area contributed by atoms with Crippen LogP contribution in [-0.4, -0.2) is 31.0 Å². The summed E-state index contributed by atoms with van der Waals surface area (Å²) < 4.78 is 5.00. The molecule has 0 aliphatic rings. The van der Waals surface area contributed by atoms with E-state index in [1.807, 2.05) is 6.92 Å². The Kier molecular flexibility index (Phi) is 4.77. The topological polar surface area (TPSA) is 51.2 Å². The first-order valence-electron chi connectivity index (χ1n) is 5.01. The number of Topliss-reactive ketones (excluding diaryl/α,β-unsaturated/α-hetero) is 1. The number of ether oxygens (including phenoxy) is 1. The van der Waals surface area contributed by atoms with Gasteiger partial charge in [-0.25, -0.2) is 0 Å². The van der Waals surface area contributed by atoms with Crippen LogP contribution in [-0.2, 0) is 0 Å². The van der Waals surface area contributed by atoms with Crippen molar-refractivity contribution in [2.75, 3.05) is 20.2 Å². The average Bonchev–Trinajstić information content (AvgIpc) is 2.29. The highest BCUT2D eigenvalue weighted by atomic mass is 16.5. The summed E-state index contributed by atoms with van der Waals surface area (Å²) in [7, 11) is 1.56.